The summed E-state index contributed by atoms with van der Waals surface area (Å²) < 4.78 is 0. The monoisotopic (exact) mass is 718 g/mol. The first-order valence-corrected chi connectivity index (χ1v) is 22.6. The van der Waals surface area contributed by atoms with Gasteiger partial charge in [-0.25, -0.2) is 9.59 Å². The van der Waals surface area contributed by atoms with E-state index in [1.54, 1.807) is 0 Å². The van der Waals surface area contributed by atoms with Gasteiger partial charge in [0.15, 0.2) is 0 Å². The van der Waals surface area contributed by atoms with Crippen molar-refractivity contribution < 1.29 is 19.8 Å². The van der Waals surface area contributed by atoms with Crippen molar-refractivity contribution in [1.82, 2.24) is 15.5 Å². The normalized spacial score (nSPS) is 11.5. The third kappa shape index (κ3) is 36.5. The zero-order valence-corrected chi connectivity index (χ0v) is 33.2. The molecule has 0 rings (SSSR count). The number of hydrogen-bond acceptors (Lipinski definition) is 5. The Bertz CT molecular complexity index is 636. The highest BCUT2D eigenvalue weighted by atomic mass is 32.2. The number of unbranched alkanes of at least 4 members (excludes halogenated alkanes) is 18. The van der Waals surface area contributed by atoms with Crippen LogP contribution in [0.3, 0.4) is 0 Å². The van der Waals surface area contributed by atoms with Gasteiger partial charge in [-0.3, -0.25) is 0 Å². The van der Waals surface area contributed by atoms with Gasteiger partial charge in [-0.15, -0.1) is 0 Å². The minimum absolute atomic E-state index is 0.454. The molecule has 0 aliphatic rings. The lowest BCUT2D eigenvalue weighted by Crippen LogP contribution is -2.39. The van der Waals surface area contributed by atoms with Crippen LogP contribution >= 0.6 is 23.5 Å². The number of rotatable bonds is 39. The SMILES string of the molecule is CCCCCCCCCCCCSCCCC(CCCSCCCCCCCCCCCC)N(CCCNC(=O)O)CCCNC(=O)O. The van der Waals surface area contributed by atoms with Crippen LogP contribution in [-0.4, -0.2) is 82.5 Å². The lowest BCUT2D eigenvalue weighted by molar-refractivity contribution is 0.166. The predicted molar refractivity (Wildman–Crippen MR) is 213 cm³/mol. The van der Waals surface area contributed by atoms with Crippen LogP contribution in [0.1, 0.15) is 181 Å². The van der Waals surface area contributed by atoms with Crippen LogP contribution in [-0.2, 0) is 0 Å². The average molecular weight is 718 g/mol. The van der Waals surface area contributed by atoms with Crippen molar-refractivity contribution in [3.8, 4) is 0 Å². The Balaban J connectivity index is 4.49. The summed E-state index contributed by atoms with van der Waals surface area (Å²) in [6.45, 7) is 7.15. The number of amides is 2. The minimum atomic E-state index is -0.970. The molecule has 0 spiro atoms. The lowest BCUT2D eigenvalue weighted by atomic mass is 10.0. The Labute approximate surface area is 306 Å². The molecule has 0 unspecified atom stereocenters. The summed E-state index contributed by atoms with van der Waals surface area (Å²) in [5, 5.41) is 23.0. The Morgan fingerprint density at radius 2 is 0.792 bits per heavy atom. The number of nitrogens with zero attached hydrogens (tertiary/aromatic N) is 1. The maximum atomic E-state index is 11.0. The molecular weight excluding hydrogens is 639 g/mol. The molecule has 0 aliphatic carbocycles. The average Bonchev–Trinajstić information content (AvgIpc) is 3.06. The molecule has 0 bridgehead atoms. The highest BCUT2D eigenvalue weighted by Crippen LogP contribution is 2.20. The summed E-state index contributed by atoms with van der Waals surface area (Å²) in [6, 6.07) is 0.468. The number of hydrogen-bond donors (Lipinski definition) is 4. The maximum Gasteiger partial charge on any atom is 0.404 e. The van der Waals surface area contributed by atoms with Crippen molar-refractivity contribution >= 4 is 35.7 Å². The van der Waals surface area contributed by atoms with Crippen molar-refractivity contribution in [2.45, 2.75) is 187 Å². The Morgan fingerprint density at radius 3 is 1.12 bits per heavy atom. The van der Waals surface area contributed by atoms with Gasteiger partial charge < -0.3 is 25.7 Å². The van der Waals surface area contributed by atoms with Gasteiger partial charge in [0, 0.05) is 32.2 Å². The summed E-state index contributed by atoms with van der Waals surface area (Å²) in [5.41, 5.74) is 0. The molecule has 9 heteroatoms. The van der Waals surface area contributed by atoms with Gasteiger partial charge in [-0.05, 0) is 74.4 Å². The zero-order chi connectivity index (χ0) is 35.2. The summed E-state index contributed by atoms with van der Waals surface area (Å²) in [7, 11) is 0. The molecule has 0 aliphatic heterocycles. The molecule has 0 heterocycles. The third-order valence-corrected chi connectivity index (χ3v) is 11.6. The highest BCUT2D eigenvalue weighted by Gasteiger charge is 2.18. The van der Waals surface area contributed by atoms with Crippen molar-refractivity contribution in [2.24, 2.45) is 0 Å². The molecule has 48 heavy (non-hydrogen) atoms. The summed E-state index contributed by atoms with van der Waals surface area (Å²) in [4.78, 5) is 24.5. The van der Waals surface area contributed by atoms with Crippen LogP contribution in [0.4, 0.5) is 9.59 Å². The fourth-order valence-electron chi connectivity index (χ4n) is 6.37. The Kier molecular flexibility index (Phi) is 38.3. The lowest BCUT2D eigenvalue weighted by Gasteiger charge is -2.32. The third-order valence-electron chi connectivity index (χ3n) is 9.25. The molecule has 0 aromatic carbocycles. The first kappa shape index (κ1) is 47.2. The first-order valence-electron chi connectivity index (χ1n) is 20.3. The number of carboxylic acid groups (broad SMARTS) is 2. The van der Waals surface area contributed by atoms with Crippen molar-refractivity contribution in [1.29, 1.82) is 0 Å². The predicted octanol–water partition coefficient (Wildman–Crippen LogP) is 11.8. The topological polar surface area (TPSA) is 102 Å². The van der Waals surface area contributed by atoms with Gasteiger partial charge in [0.1, 0.15) is 0 Å². The second-order valence-corrected chi connectivity index (χ2v) is 16.2. The smallest absolute Gasteiger partial charge is 0.404 e. The van der Waals surface area contributed by atoms with E-state index in [2.05, 4.69) is 52.9 Å². The molecule has 0 aromatic rings. The van der Waals surface area contributed by atoms with Crippen LogP contribution in [0, 0.1) is 0 Å². The summed E-state index contributed by atoms with van der Waals surface area (Å²) in [5.74, 6) is 4.94. The first-order chi connectivity index (χ1) is 23.5. The van der Waals surface area contributed by atoms with Crippen LogP contribution in [0.5, 0.6) is 0 Å². The number of carbonyl (C=O) groups is 2. The molecule has 0 aromatic heterocycles. The summed E-state index contributed by atoms with van der Waals surface area (Å²) >= 11 is 4.22. The molecule has 286 valence electrons. The molecule has 0 saturated heterocycles. The Hall–Kier alpha value is -0.800. The van der Waals surface area contributed by atoms with Crippen molar-refractivity contribution in [3.63, 3.8) is 0 Å². The highest BCUT2D eigenvalue weighted by molar-refractivity contribution is 7.99. The van der Waals surface area contributed by atoms with Gasteiger partial charge in [0.25, 0.3) is 0 Å². The largest absolute Gasteiger partial charge is 0.465 e. The maximum absolute atomic E-state index is 11.0. The van der Waals surface area contributed by atoms with Crippen LogP contribution in [0.15, 0.2) is 0 Å². The number of nitrogens with one attached hydrogen (secondary N) is 2. The van der Waals surface area contributed by atoms with Gasteiger partial charge in [0.2, 0.25) is 0 Å². The molecule has 0 atom stereocenters. The van der Waals surface area contributed by atoms with Crippen molar-refractivity contribution in [3.05, 3.63) is 0 Å². The van der Waals surface area contributed by atoms with E-state index in [9.17, 15) is 9.59 Å². The van der Waals surface area contributed by atoms with E-state index in [4.69, 9.17) is 10.2 Å². The van der Waals surface area contributed by atoms with Crippen LogP contribution < -0.4 is 10.6 Å². The van der Waals surface area contributed by atoms with E-state index in [1.165, 1.54) is 164 Å². The summed E-state index contributed by atoms with van der Waals surface area (Å²) in [6.07, 6.45) is 32.0. The zero-order valence-electron chi connectivity index (χ0n) is 31.6. The molecule has 0 saturated carbocycles. The second kappa shape index (κ2) is 39.0. The van der Waals surface area contributed by atoms with Crippen LogP contribution in [0.2, 0.25) is 0 Å². The van der Waals surface area contributed by atoms with Crippen LogP contribution in [0.25, 0.3) is 0 Å². The fraction of sp³-hybridized carbons (Fsp3) is 0.949. The van der Waals surface area contributed by atoms with Gasteiger partial charge in [0.05, 0.1) is 0 Å². The van der Waals surface area contributed by atoms with E-state index in [0.29, 0.717) is 19.1 Å². The van der Waals surface area contributed by atoms with E-state index in [1.807, 2.05) is 0 Å². The second-order valence-electron chi connectivity index (χ2n) is 13.7. The fourth-order valence-corrected chi connectivity index (χ4v) is 8.34. The van der Waals surface area contributed by atoms with E-state index < -0.39 is 12.2 Å². The Morgan fingerprint density at radius 1 is 0.479 bits per heavy atom. The van der Waals surface area contributed by atoms with E-state index in [-0.39, 0.29) is 0 Å². The van der Waals surface area contributed by atoms with Gasteiger partial charge >= 0.3 is 12.2 Å². The van der Waals surface area contributed by atoms with Crippen molar-refractivity contribution in [2.75, 3.05) is 49.2 Å². The van der Waals surface area contributed by atoms with E-state index in [0.717, 1.165) is 38.8 Å². The molecule has 2 amide bonds. The minimum Gasteiger partial charge on any atom is -0.465 e. The number of thioether (sulfide) groups is 2. The molecule has 7 nitrogen and oxygen atoms in total. The molecule has 4 N–H and O–H groups in total. The molecule has 0 radical (unpaired) electrons. The quantitative estimate of drug-likeness (QED) is 0.0469. The van der Waals surface area contributed by atoms with E-state index >= 15 is 0 Å². The standard InChI is InChI=1S/C39H79N3O4S2/c1-3-5-7-9-11-13-15-17-19-21-33-47-35-23-27-37(42(31-25-29-40-38(43)44)32-26-30-41-39(45)46)28-24-36-48-34-22-20-18-16-14-12-10-8-6-4-2/h37,40-41H,3-36H2,1-2H3,(H,43,44)(H,45,46). The van der Waals surface area contributed by atoms with Gasteiger partial charge in [-0.1, -0.05) is 129 Å². The molecule has 0 fully saturated rings. The molecular formula is C39H79N3O4S2. The van der Waals surface area contributed by atoms with Gasteiger partial charge in [-0.2, -0.15) is 23.5 Å².